The highest BCUT2D eigenvalue weighted by molar-refractivity contribution is 6.07. The Labute approximate surface area is 113 Å². The van der Waals surface area contributed by atoms with E-state index in [0.29, 0.717) is 0 Å². The zero-order valence-corrected chi connectivity index (χ0v) is 11.1. The minimum atomic E-state index is 0.0888. The number of benzene rings is 2. The Bertz CT molecular complexity index is 643. The minimum Gasteiger partial charge on any atom is -0.496 e. The van der Waals surface area contributed by atoms with Crippen LogP contribution in [-0.2, 0) is 6.42 Å². The van der Waals surface area contributed by atoms with Crippen LogP contribution in [0.15, 0.2) is 42.5 Å². The number of fused-ring (bicyclic) bond motifs is 1. The molecule has 2 aromatic rings. The minimum absolute atomic E-state index is 0.0888. The van der Waals surface area contributed by atoms with Gasteiger partial charge in [-0.2, -0.15) is 0 Å². The molecule has 0 spiro atoms. The van der Waals surface area contributed by atoms with Gasteiger partial charge >= 0.3 is 0 Å². The molecule has 0 fully saturated rings. The molecule has 96 valence electrons. The van der Waals surface area contributed by atoms with Crippen LogP contribution in [0.25, 0.3) is 11.1 Å². The number of carbonyl (C=O) groups excluding carboxylic acids is 1. The molecule has 0 amide bonds. The molecule has 2 nitrogen and oxygen atoms in total. The topological polar surface area (TPSA) is 26.3 Å². The first-order valence-corrected chi connectivity index (χ1v) is 6.52. The second-order valence-corrected chi connectivity index (χ2v) is 5.01. The van der Waals surface area contributed by atoms with E-state index in [1.807, 2.05) is 43.3 Å². The Morgan fingerprint density at radius 1 is 1.05 bits per heavy atom. The standard InChI is InChI=1S/C17H16O2/c1-11-10-12-6-5-8-14(16(12)17(11)18)13-7-3-4-9-15(13)19-2/h3-9,11H,10H2,1-2H3. The molecular formula is C17H16O2. The summed E-state index contributed by atoms with van der Waals surface area (Å²) in [7, 11) is 1.66. The van der Waals surface area contributed by atoms with Crippen LogP contribution in [0.2, 0.25) is 0 Å². The smallest absolute Gasteiger partial charge is 0.166 e. The van der Waals surface area contributed by atoms with Crippen molar-refractivity contribution in [3.05, 3.63) is 53.6 Å². The molecule has 19 heavy (non-hydrogen) atoms. The average molecular weight is 252 g/mol. The van der Waals surface area contributed by atoms with Crippen molar-refractivity contribution in [3.63, 3.8) is 0 Å². The van der Waals surface area contributed by atoms with Crippen molar-refractivity contribution >= 4 is 5.78 Å². The maximum Gasteiger partial charge on any atom is 0.166 e. The van der Waals surface area contributed by atoms with Gasteiger partial charge in [0.1, 0.15) is 5.75 Å². The molecule has 2 heteroatoms. The van der Waals surface area contributed by atoms with E-state index in [4.69, 9.17) is 4.74 Å². The zero-order valence-electron chi connectivity index (χ0n) is 11.1. The molecule has 0 heterocycles. The van der Waals surface area contributed by atoms with E-state index in [-0.39, 0.29) is 11.7 Å². The number of hydrogen-bond acceptors (Lipinski definition) is 2. The lowest BCUT2D eigenvalue weighted by Crippen LogP contribution is -2.04. The van der Waals surface area contributed by atoms with Gasteiger partial charge in [-0.15, -0.1) is 0 Å². The average Bonchev–Trinajstić information content (AvgIpc) is 2.74. The molecule has 0 aliphatic heterocycles. The number of ketones is 1. The number of ether oxygens (including phenoxy) is 1. The molecule has 0 bridgehead atoms. The lowest BCUT2D eigenvalue weighted by Gasteiger charge is -2.11. The highest BCUT2D eigenvalue weighted by Gasteiger charge is 2.30. The third-order valence-corrected chi connectivity index (χ3v) is 3.77. The number of para-hydroxylation sites is 1. The summed E-state index contributed by atoms with van der Waals surface area (Å²) in [6.45, 7) is 1.99. The first-order chi connectivity index (χ1) is 9.22. The van der Waals surface area contributed by atoms with Crippen LogP contribution < -0.4 is 4.74 Å². The van der Waals surface area contributed by atoms with Crippen molar-refractivity contribution in [2.75, 3.05) is 7.11 Å². The summed E-state index contributed by atoms with van der Waals surface area (Å²) >= 11 is 0. The highest BCUT2D eigenvalue weighted by Crippen LogP contribution is 2.38. The summed E-state index contributed by atoms with van der Waals surface area (Å²) < 4.78 is 5.41. The quantitative estimate of drug-likeness (QED) is 0.814. The normalized spacial score (nSPS) is 17.4. The van der Waals surface area contributed by atoms with Crippen LogP contribution in [-0.4, -0.2) is 12.9 Å². The molecule has 1 unspecified atom stereocenters. The van der Waals surface area contributed by atoms with Gasteiger partial charge in [-0.05, 0) is 23.6 Å². The number of hydrogen-bond donors (Lipinski definition) is 0. The number of methoxy groups -OCH3 is 1. The Hall–Kier alpha value is -2.09. The van der Waals surface area contributed by atoms with E-state index in [1.165, 1.54) is 0 Å². The van der Waals surface area contributed by atoms with Gasteiger partial charge in [-0.3, -0.25) is 4.79 Å². The predicted molar refractivity (Wildman–Crippen MR) is 75.6 cm³/mol. The molecule has 2 aromatic carbocycles. The number of Topliss-reactive ketones (excluding diaryl/α,β-unsaturated/α-hetero) is 1. The molecule has 0 saturated heterocycles. The molecule has 0 radical (unpaired) electrons. The third-order valence-electron chi connectivity index (χ3n) is 3.77. The number of rotatable bonds is 2. The van der Waals surface area contributed by atoms with Gasteiger partial charge in [0, 0.05) is 17.0 Å². The third kappa shape index (κ3) is 1.84. The maximum atomic E-state index is 12.3. The molecular weight excluding hydrogens is 236 g/mol. The monoisotopic (exact) mass is 252 g/mol. The van der Waals surface area contributed by atoms with E-state index < -0.39 is 0 Å². The number of carbonyl (C=O) groups is 1. The Balaban J connectivity index is 2.23. The van der Waals surface area contributed by atoms with Crippen LogP contribution in [0.1, 0.15) is 22.8 Å². The molecule has 0 saturated carbocycles. The van der Waals surface area contributed by atoms with E-state index >= 15 is 0 Å². The van der Waals surface area contributed by atoms with E-state index in [2.05, 4.69) is 6.07 Å². The highest BCUT2D eigenvalue weighted by atomic mass is 16.5. The fourth-order valence-electron chi connectivity index (χ4n) is 2.82. The van der Waals surface area contributed by atoms with Crippen LogP contribution in [0, 0.1) is 5.92 Å². The van der Waals surface area contributed by atoms with Crippen LogP contribution in [0.4, 0.5) is 0 Å². The van der Waals surface area contributed by atoms with Gasteiger partial charge in [-0.1, -0.05) is 43.3 Å². The summed E-state index contributed by atoms with van der Waals surface area (Å²) in [6, 6.07) is 13.9. The molecule has 0 aromatic heterocycles. The van der Waals surface area contributed by atoms with E-state index in [1.54, 1.807) is 7.11 Å². The molecule has 3 rings (SSSR count). The van der Waals surface area contributed by atoms with Crippen molar-refractivity contribution in [1.82, 2.24) is 0 Å². The molecule has 1 aliphatic carbocycles. The van der Waals surface area contributed by atoms with Gasteiger partial charge in [0.05, 0.1) is 7.11 Å². The summed E-state index contributed by atoms with van der Waals surface area (Å²) in [5.41, 5.74) is 4.01. The van der Waals surface area contributed by atoms with E-state index in [9.17, 15) is 4.79 Å². The summed E-state index contributed by atoms with van der Waals surface area (Å²) in [6.07, 6.45) is 0.844. The lowest BCUT2D eigenvalue weighted by atomic mass is 9.95. The first kappa shape index (κ1) is 12.0. The van der Waals surface area contributed by atoms with Crippen molar-refractivity contribution in [2.45, 2.75) is 13.3 Å². The van der Waals surface area contributed by atoms with Gasteiger partial charge in [0.2, 0.25) is 0 Å². The Morgan fingerprint density at radius 3 is 2.58 bits per heavy atom. The SMILES string of the molecule is COc1ccccc1-c1cccc2c1C(=O)C(C)C2. The Kier molecular flexibility index (Phi) is 2.86. The summed E-state index contributed by atoms with van der Waals surface area (Å²) in [5.74, 6) is 1.14. The fraction of sp³-hybridized carbons (Fsp3) is 0.235. The molecule has 0 N–H and O–H groups in total. The van der Waals surface area contributed by atoms with Crippen molar-refractivity contribution in [3.8, 4) is 16.9 Å². The lowest BCUT2D eigenvalue weighted by molar-refractivity contribution is 0.0947. The molecule has 1 aliphatic rings. The molecule has 1 atom stereocenters. The van der Waals surface area contributed by atoms with Gasteiger partial charge in [0.15, 0.2) is 5.78 Å². The maximum absolute atomic E-state index is 12.3. The van der Waals surface area contributed by atoms with Gasteiger partial charge in [-0.25, -0.2) is 0 Å². The van der Waals surface area contributed by atoms with Crippen LogP contribution in [0.5, 0.6) is 5.75 Å². The van der Waals surface area contributed by atoms with Gasteiger partial charge in [0.25, 0.3) is 0 Å². The summed E-state index contributed by atoms with van der Waals surface area (Å²) in [4.78, 5) is 12.3. The van der Waals surface area contributed by atoms with Crippen molar-refractivity contribution < 1.29 is 9.53 Å². The van der Waals surface area contributed by atoms with Gasteiger partial charge < -0.3 is 4.74 Å². The van der Waals surface area contributed by atoms with Crippen LogP contribution in [0.3, 0.4) is 0 Å². The van der Waals surface area contributed by atoms with Crippen molar-refractivity contribution in [2.24, 2.45) is 5.92 Å². The van der Waals surface area contributed by atoms with Crippen molar-refractivity contribution in [1.29, 1.82) is 0 Å². The Morgan fingerprint density at radius 2 is 1.79 bits per heavy atom. The fourth-order valence-corrected chi connectivity index (χ4v) is 2.82. The second kappa shape index (κ2) is 4.54. The van der Waals surface area contributed by atoms with E-state index in [0.717, 1.165) is 34.4 Å². The summed E-state index contributed by atoms with van der Waals surface area (Å²) in [5, 5.41) is 0. The largest absolute Gasteiger partial charge is 0.496 e. The first-order valence-electron chi connectivity index (χ1n) is 6.52. The second-order valence-electron chi connectivity index (χ2n) is 5.01. The van der Waals surface area contributed by atoms with Crippen LogP contribution >= 0.6 is 0 Å². The zero-order chi connectivity index (χ0) is 13.4. The predicted octanol–water partition coefficient (Wildman–Crippen LogP) is 3.74.